The first-order valence-corrected chi connectivity index (χ1v) is 9.19. The molecule has 0 radical (unpaired) electrons. The van der Waals surface area contributed by atoms with Crippen molar-refractivity contribution >= 4 is 0 Å². The zero-order valence-electron chi connectivity index (χ0n) is 14.3. The van der Waals surface area contributed by atoms with Crippen LogP contribution in [-0.4, -0.2) is 53.2 Å². The Morgan fingerprint density at radius 3 is 2.38 bits per heavy atom. The Bertz CT molecular complexity index is 514. The van der Waals surface area contributed by atoms with Gasteiger partial charge in [0.1, 0.15) is 11.6 Å². The van der Waals surface area contributed by atoms with Gasteiger partial charge >= 0.3 is 0 Å². The molecule has 2 aliphatic rings. The summed E-state index contributed by atoms with van der Waals surface area (Å²) in [4.78, 5) is 4.84. The van der Waals surface area contributed by atoms with Gasteiger partial charge in [-0.25, -0.2) is 8.78 Å². The van der Waals surface area contributed by atoms with Crippen molar-refractivity contribution in [2.24, 2.45) is 0 Å². The largest absolute Gasteiger partial charge is 0.396 e. The Labute approximate surface area is 143 Å². The Morgan fingerprint density at radius 2 is 1.71 bits per heavy atom. The van der Waals surface area contributed by atoms with Crippen LogP contribution in [-0.2, 0) is 6.54 Å². The Hall–Kier alpha value is -1.04. The number of hydrogen-bond acceptors (Lipinski definition) is 3. The molecule has 1 aliphatic carbocycles. The van der Waals surface area contributed by atoms with Gasteiger partial charge in [-0.3, -0.25) is 9.80 Å². The van der Waals surface area contributed by atoms with Crippen molar-refractivity contribution in [1.29, 1.82) is 0 Å². The molecule has 1 atom stereocenters. The molecular weight excluding hydrogens is 310 g/mol. The van der Waals surface area contributed by atoms with Gasteiger partial charge in [-0.2, -0.15) is 0 Å². The molecule has 1 unspecified atom stereocenters. The van der Waals surface area contributed by atoms with Crippen molar-refractivity contribution < 1.29 is 13.9 Å². The first kappa shape index (κ1) is 17.8. The van der Waals surface area contributed by atoms with Crippen molar-refractivity contribution in [2.75, 3.05) is 26.2 Å². The summed E-state index contributed by atoms with van der Waals surface area (Å²) in [5.74, 6) is -1.03. The third-order valence-corrected chi connectivity index (χ3v) is 5.45. The standard InChI is InChI=1S/C19H28F2N2O/c20-16-10-15(11-17(21)12-16)13-22-7-8-23(19(14-22)6-9-24)18-4-2-1-3-5-18/h10-12,18-19,24H,1-9,13-14H2. The molecule has 1 heterocycles. The van der Waals surface area contributed by atoms with Gasteiger partial charge < -0.3 is 5.11 Å². The molecule has 1 N–H and O–H groups in total. The molecule has 1 aliphatic heterocycles. The Balaban J connectivity index is 1.63. The summed E-state index contributed by atoms with van der Waals surface area (Å²) in [7, 11) is 0. The fraction of sp³-hybridized carbons (Fsp3) is 0.684. The minimum atomic E-state index is -0.516. The second-order valence-corrected chi connectivity index (χ2v) is 7.21. The lowest BCUT2D eigenvalue weighted by Crippen LogP contribution is -2.56. The van der Waals surface area contributed by atoms with Crippen LogP contribution >= 0.6 is 0 Å². The number of nitrogens with zero attached hydrogens (tertiary/aromatic N) is 2. The van der Waals surface area contributed by atoms with Gasteiger partial charge in [-0.15, -0.1) is 0 Å². The third kappa shape index (κ3) is 4.52. The SMILES string of the molecule is OCCC1CN(Cc2cc(F)cc(F)c2)CCN1C1CCCCC1. The average molecular weight is 338 g/mol. The zero-order valence-corrected chi connectivity index (χ0v) is 14.3. The van der Waals surface area contributed by atoms with Crippen molar-refractivity contribution in [3.05, 3.63) is 35.4 Å². The highest BCUT2D eigenvalue weighted by Gasteiger charge is 2.32. The van der Waals surface area contributed by atoms with E-state index in [4.69, 9.17) is 0 Å². The van der Waals surface area contributed by atoms with Crippen molar-refractivity contribution in [3.8, 4) is 0 Å². The molecule has 3 rings (SSSR count). The highest BCUT2D eigenvalue weighted by molar-refractivity contribution is 5.18. The molecule has 1 aromatic rings. The van der Waals surface area contributed by atoms with Gasteiger partial charge in [0.15, 0.2) is 0 Å². The number of piperazine rings is 1. The van der Waals surface area contributed by atoms with E-state index in [0.717, 1.165) is 32.1 Å². The lowest BCUT2D eigenvalue weighted by atomic mass is 9.91. The molecule has 134 valence electrons. The highest BCUT2D eigenvalue weighted by atomic mass is 19.1. The molecule has 0 amide bonds. The smallest absolute Gasteiger partial charge is 0.126 e. The Kier molecular flexibility index (Phi) is 6.19. The maximum absolute atomic E-state index is 13.4. The van der Waals surface area contributed by atoms with Crippen LogP contribution in [0.3, 0.4) is 0 Å². The number of aliphatic hydroxyl groups is 1. The summed E-state index contributed by atoms with van der Waals surface area (Å²) in [6, 6.07) is 4.73. The van der Waals surface area contributed by atoms with E-state index in [9.17, 15) is 13.9 Å². The van der Waals surface area contributed by atoms with Gasteiger partial charge in [-0.05, 0) is 37.0 Å². The average Bonchev–Trinajstić information content (AvgIpc) is 2.55. The van der Waals surface area contributed by atoms with Crippen LogP contribution in [0.5, 0.6) is 0 Å². The van der Waals surface area contributed by atoms with Crippen LogP contribution in [0.4, 0.5) is 8.78 Å². The lowest BCUT2D eigenvalue weighted by molar-refractivity contribution is 0.0136. The molecule has 1 saturated heterocycles. The molecular formula is C19H28F2N2O. The fourth-order valence-corrected chi connectivity index (χ4v) is 4.34. The summed E-state index contributed by atoms with van der Waals surface area (Å²) in [6.07, 6.45) is 7.24. The van der Waals surface area contributed by atoms with E-state index < -0.39 is 11.6 Å². The lowest BCUT2D eigenvalue weighted by Gasteiger charge is -2.46. The first-order chi connectivity index (χ1) is 11.7. The number of aliphatic hydroxyl groups excluding tert-OH is 1. The quantitative estimate of drug-likeness (QED) is 0.893. The monoisotopic (exact) mass is 338 g/mol. The normalized spacial score (nSPS) is 24.4. The maximum atomic E-state index is 13.4. The van der Waals surface area contributed by atoms with E-state index in [0.29, 0.717) is 24.2 Å². The first-order valence-electron chi connectivity index (χ1n) is 9.19. The molecule has 2 fully saturated rings. The molecule has 0 spiro atoms. The molecule has 1 aromatic carbocycles. The highest BCUT2D eigenvalue weighted by Crippen LogP contribution is 2.27. The topological polar surface area (TPSA) is 26.7 Å². The summed E-state index contributed by atoms with van der Waals surface area (Å²) < 4.78 is 26.8. The molecule has 0 bridgehead atoms. The zero-order chi connectivity index (χ0) is 16.9. The van der Waals surface area contributed by atoms with Crippen LogP contribution in [0.2, 0.25) is 0 Å². The molecule has 0 aromatic heterocycles. The molecule has 1 saturated carbocycles. The van der Waals surface area contributed by atoms with E-state index in [2.05, 4.69) is 9.80 Å². The van der Waals surface area contributed by atoms with E-state index in [-0.39, 0.29) is 6.61 Å². The van der Waals surface area contributed by atoms with Gasteiger partial charge in [0, 0.05) is 50.9 Å². The minimum Gasteiger partial charge on any atom is -0.396 e. The van der Waals surface area contributed by atoms with Gasteiger partial charge in [-0.1, -0.05) is 19.3 Å². The summed E-state index contributed by atoms with van der Waals surface area (Å²) in [5, 5.41) is 9.44. The predicted octanol–water partition coefficient (Wildman–Crippen LogP) is 3.17. The van der Waals surface area contributed by atoms with Crippen molar-refractivity contribution in [3.63, 3.8) is 0 Å². The van der Waals surface area contributed by atoms with Crippen molar-refractivity contribution in [1.82, 2.24) is 9.80 Å². The molecule has 3 nitrogen and oxygen atoms in total. The number of halogens is 2. The van der Waals surface area contributed by atoms with Gasteiger partial charge in [0.2, 0.25) is 0 Å². The van der Waals surface area contributed by atoms with Gasteiger partial charge in [0.05, 0.1) is 0 Å². The summed E-state index contributed by atoms with van der Waals surface area (Å²) >= 11 is 0. The third-order valence-electron chi connectivity index (χ3n) is 5.45. The second-order valence-electron chi connectivity index (χ2n) is 7.21. The Morgan fingerprint density at radius 1 is 1.00 bits per heavy atom. The summed E-state index contributed by atoms with van der Waals surface area (Å²) in [6.45, 7) is 3.50. The van der Waals surface area contributed by atoms with Crippen LogP contribution in [0.1, 0.15) is 44.1 Å². The van der Waals surface area contributed by atoms with Crippen LogP contribution in [0, 0.1) is 11.6 Å². The second kappa shape index (κ2) is 8.37. The van der Waals surface area contributed by atoms with Gasteiger partial charge in [0.25, 0.3) is 0 Å². The fourth-order valence-electron chi connectivity index (χ4n) is 4.34. The van der Waals surface area contributed by atoms with Crippen LogP contribution in [0.15, 0.2) is 18.2 Å². The maximum Gasteiger partial charge on any atom is 0.126 e. The summed E-state index contributed by atoms with van der Waals surface area (Å²) in [5.41, 5.74) is 0.682. The predicted molar refractivity (Wildman–Crippen MR) is 90.7 cm³/mol. The minimum absolute atomic E-state index is 0.191. The number of hydrogen-bond donors (Lipinski definition) is 1. The van der Waals surface area contributed by atoms with Crippen molar-refractivity contribution in [2.45, 2.75) is 57.2 Å². The number of benzene rings is 1. The molecule has 24 heavy (non-hydrogen) atoms. The van der Waals surface area contributed by atoms with Crippen LogP contribution < -0.4 is 0 Å². The van der Waals surface area contributed by atoms with E-state index in [1.54, 1.807) is 0 Å². The van der Waals surface area contributed by atoms with E-state index in [1.165, 1.54) is 44.2 Å². The number of rotatable bonds is 5. The van der Waals surface area contributed by atoms with Crippen LogP contribution in [0.25, 0.3) is 0 Å². The molecule has 5 heteroatoms. The van der Waals surface area contributed by atoms with E-state index in [1.807, 2.05) is 0 Å². The van der Waals surface area contributed by atoms with E-state index >= 15 is 0 Å².